The highest BCUT2D eigenvalue weighted by atomic mass is 35.5. The highest BCUT2D eigenvalue weighted by molar-refractivity contribution is 6.18. The van der Waals surface area contributed by atoms with E-state index in [9.17, 15) is 0 Å². The first-order valence-electron chi connectivity index (χ1n) is 3.63. The average molecular weight is 171 g/mol. The molecule has 1 aromatic rings. The van der Waals surface area contributed by atoms with Crippen molar-refractivity contribution < 1.29 is 0 Å². The van der Waals surface area contributed by atoms with Gasteiger partial charge >= 0.3 is 0 Å². The van der Waals surface area contributed by atoms with Crippen molar-refractivity contribution in [1.82, 2.24) is 9.97 Å². The third-order valence-corrected chi connectivity index (χ3v) is 1.96. The van der Waals surface area contributed by atoms with Gasteiger partial charge < -0.3 is 0 Å². The third kappa shape index (κ3) is 2.85. The van der Waals surface area contributed by atoms with E-state index in [1.54, 1.807) is 18.6 Å². The van der Waals surface area contributed by atoms with E-state index >= 15 is 0 Å². The minimum absolute atomic E-state index is 0.480. The number of halogens is 1. The Labute approximate surface area is 71.6 Å². The number of rotatable bonds is 3. The Bertz CT molecular complexity index is 201. The smallest absolute Gasteiger partial charge is 0.0589 e. The second kappa shape index (κ2) is 4.29. The average Bonchev–Trinajstić information content (AvgIpc) is 2.06. The van der Waals surface area contributed by atoms with Crippen LogP contribution in [0.4, 0.5) is 0 Å². The van der Waals surface area contributed by atoms with Crippen molar-refractivity contribution in [3.8, 4) is 0 Å². The van der Waals surface area contributed by atoms with Gasteiger partial charge in [-0.25, -0.2) is 0 Å². The fourth-order valence-corrected chi connectivity index (χ4v) is 0.956. The molecule has 0 fully saturated rings. The second-order valence-electron chi connectivity index (χ2n) is 2.66. The molecular formula is C8H11ClN2. The first kappa shape index (κ1) is 8.47. The summed E-state index contributed by atoms with van der Waals surface area (Å²) in [6.45, 7) is 2.10. The quantitative estimate of drug-likeness (QED) is 0.648. The molecule has 0 aliphatic heterocycles. The molecular weight excluding hydrogens is 160 g/mol. The van der Waals surface area contributed by atoms with Crippen LogP contribution in [0.25, 0.3) is 0 Å². The Morgan fingerprint density at radius 2 is 2.36 bits per heavy atom. The molecule has 0 spiro atoms. The summed E-state index contributed by atoms with van der Waals surface area (Å²) in [5, 5.41) is 0. The SMILES string of the molecule is CC(CCl)Cc1cnccn1. The molecule has 0 aromatic carbocycles. The maximum atomic E-state index is 5.65. The first-order chi connectivity index (χ1) is 5.33. The molecule has 0 radical (unpaired) electrons. The summed E-state index contributed by atoms with van der Waals surface area (Å²) in [5.74, 6) is 1.16. The molecule has 0 saturated heterocycles. The van der Waals surface area contributed by atoms with Gasteiger partial charge in [-0.1, -0.05) is 6.92 Å². The van der Waals surface area contributed by atoms with Gasteiger partial charge in [0.05, 0.1) is 5.69 Å². The van der Waals surface area contributed by atoms with Crippen LogP contribution in [0.3, 0.4) is 0 Å². The van der Waals surface area contributed by atoms with Crippen LogP contribution in [0.15, 0.2) is 18.6 Å². The number of hydrogen-bond acceptors (Lipinski definition) is 2. The van der Waals surface area contributed by atoms with Crippen molar-refractivity contribution in [3.05, 3.63) is 24.3 Å². The number of aromatic nitrogens is 2. The molecule has 2 nitrogen and oxygen atoms in total. The summed E-state index contributed by atoms with van der Waals surface area (Å²) in [4.78, 5) is 8.11. The maximum absolute atomic E-state index is 5.65. The van der Waals surface area contributed by atoms with Gasteiger partial charge in [0.2, 0.25) is 0 Å². The molecule has 1 aromatic heterocycles. The molecule has 0 saturated carbocycles. The topological polar surface area (TPSA) is 25.8 Å². The fourth-order valence-electron chi connectivity index (χ4n) is 0.847. The number of alkyl halides is 1. The van der Waals surface area contributed by atoms with Gasteiger partial charge in [0, 0.05) is 24.5 Å². The minimum atomic E-state index is 0.480. The third-order valence-electron chi connectivity index (χ3n) is 1.44. The van der Waals surface area contributed by atoms with E-state index in [-0.39, 0.29) is 0 Å². The Morgan fingerprint density at radius 1 is 1.55 bits per heavy atom. The number of nitrogens with zero attached hydrogens (tertiary/aromatic N) is 2. The molecule has 60 valence electrons. The van der Waals surface area contributed by atoms with E-state index in [0.717, 1.165) is 12.1 Å². The van der Waals surface area contributed by atoms with Gasteiger partial charge in [-0.15, -0.1) is 11.6 Å². The molecule has 0 N–H and O–H groups in total. The van der Waals surface area contributed by atoms with Gasteiger partial charge in [-0.2, -0.15) is 0 Å². The van der Waals surface area contributed by atoms with Crippen LogP contribution in [-0.4, -0.2) is 15.8 Å². The Kier molecular flexibility index (Phi) is 3.30. The van der Waals surface area contributed by atoms with Crippen LogP contribution in [0, 0.1) is 5.92 Å². The van der Waals surface area contributed by atoms with Gasteiger partial charge in [0.25, 0.3) is 0 Å². The zero-order valence-corrected chi connectivity index (χ0v) is 7.25. The summed E-state index contributed by atoms with van der Waals surface area (Å²) >= 11 is 5.65. The zero-order valence-electron chi connectivity index (χ0n) is 6.50. The van der Waals surface area contributed by atoms with E-state index in [4.69, 9.17) is 11.6 Å². The zero-order chi connectivity index (χ0) is 8.10. The molecule has 0 aliphatic rings. The lowest BCUT2D eigenvalue weighted by Gasteiger charge is -2.04. The van der Waals surface area contributed by atoms with E-state index < -0.39 is 0 Å². The van der Waals surface area contributed by atoms with E-state index in [1.807, 2.05) is 0 Å². The summed E-state index contributed by atoms with van der Waals surface area (Å²) in [5.41, 5.74) is 1.01. The molecule has 0 bridgehead atoms. The predicted molar refractivity (Wildman–Crippen MR) is 45.6 cm³/mol. The Hall–Kier alpha value is -0.630. The van der Waals surface area contributed by atoms with E-state index in [1.165, 1.54) is 0 Å². The molecule has 1 rings (SSSR count). The van der Waals surface area contributed by atoms with Crippen molar-refractivity contribution >= 4 is 11.6 Å². The van der Waals surface area contributed by atoms with Gasteiger partial charge in [-0.05, 0) is 12.3 Å². The molecule has 1 heterocycles. The van der Waals surface area contributed by atoms with Gasteiger partial charge in [0.1, 0.15) is 0 Å². The lowest BCUT2D eigenvalue weighted by atomic mass is 10.1. The van der Waals surface area contributed by atoms with E-state index in [2.05, 4.69) is 16.9 Å². The molecule has 1 unspecified atom stereocenters. The summed E-state index contributed by atoms with van der Waals surface area (Å²) in [7, 11) is 0. The van der Waals surface area contributed by atoms with Crippen molar-refractivity contribution in [3.63, 3.8) is 0 Å². The summed E-state index contributed by atoms with van der Waals surface area (Å²) in [6.07, 6.45) is 6.07. The van der Waals surface area contributed by atoms with Crippen LogP contribution in [-0.2, 0) is 6.42 Å². The Balaban J connectivity index is 2.51. The predicted octanol–water partition coefficient (Wildman–Crippen LogP) is 1.89. The van der Waals surface area contributed by atoms with Crippen LogP contribution >= 0.6 is 11.6 Å². The second-order valence-corrected chi connectivity index (χ2v) is 2.97. The van der Waals surface area contributed by atoms with Crippen LogP contribution in [0.2, 0.25) is 0 Å². The summed E-state index contributed by atoms with van der Waals surface area (Å²) < 4.78 is 0. The standard InChI is InChI=1S/C8H11ClN2/c1-7(5-9)4-8-6-10-2-3-11-8/h2-3,6-7H,4-5H2,1H3. The molecule has 3 heteroatoms. The van der Waals surface area contributed by atoms with Crippen molar-refractivity contribution in [2.45, 2.75) is 13.3 Å². The van der Waals surface area contributed by atoms with E-state index in [0.29, 0.717) is 11.8 Å². The fraction of sp³-hybridized carbons (Fsp3) is 0.500. The normalized spacial score (nSPS) is 12.9. The lowest BCUT2D eigenvalue weighted by molar-refractivity contribution is 0.640. The van der Waals surface area contributed by atoms with Crippen molar-refractivity contribution in [2.24, 2.45) is 5.92 Å². The highest BCUT2D eigenvalue weighted by Gasteiger charge is 2.01. The van der Waals surface area contributed by atoms with Crippen molar-refractivity contribution in [2.75, 3.05) is 5.88 Å². The van der Waals surface area contributed by atoms with Gasteiger partial charge in [-0.3, -0.25) is 9.97 Å². The largest absolute Gasteiger partial charge is 0.261 e. The molecule has 1 atom stereocenters. The lowest BCUT2D eigenvalue weighted by Crippen LogP contribution is -2.02. The first-order valence-corrected chi connectivity index (χ1v) is 4.17. The van der Waals surface area contributed by atoms with Crippen LogP contribution in [0.5, 0.6) is 0 Å². The number of hydrogen-bond donors (Lipinski definition) is 0. The summed E-state index contributed by atoms with van der Waals surface area (Å²) in [6, 6.07) is 0. The van der Waals surface area contributed by atoms with Crippen LogP contribution in [0.1, 0.15) is 12.6 Å². The Morgan fingerprint density at radius 3 is 2.91 bits per heavy atom. The highest BCUT2D eigenvalue weighted by Crippen LogP contribution is 2.05. The molecule has 11 heavy (non-hydrogen) atoms. The van der Waals surface area contributed by atoms with Gasteiger partial charge in [0.15, 0.2) is 0 Å². The molecule has 0 aliphatic carbocycles. The molecule has 0 amide bonds. The van der Waals surface area contributed by atoms with Crippen molar-refractivity contribution in [1.29, 1.82) is 0 Å². The monoisotopic (exact) mass is 170 g/mol. The van der Waals surface area contributed by atoms with Crippen LogP contribution < -0.4 is 0 Å². The minimum Gasteiger partial charge on any atom is -0.261 e. The maximum Gasteiger partial charge on any atom is 0.0589 e.